The number of epoxide rings is 1. The fraction of sp³-hybridized carbons (Fsp3) is 0.574. The minimum atomic E-state index is -1.53. The van der Waals surface area contributed by atoms with Crippen LogP contribution >= 0.6 is 0 Å². The maximum absolute atomic E-state index is 15.4. The number of rotatable bonds is 13. The van der Waals surface area contributed by atoms with E-state index in [4.69, 9.17) is 4.74 Å². The van der Waals surface area contributed by atoms with Crippen LogP contribution in [0.2, 0.25) is 0 Å². The van der Waals surface area contributed by atoms with Crippen molar-refractivity contribution in [2.45, 2.75) is 161 Å². The number of nitro benzene ring substituents is 1. The summed E-state index contributed by atoms with van der Waals surface area (Å²) < 4.78 is 7.84. The number of aromatic hydroxyl groups is 1. The van der Waals surface area contributed by atoms with Crippen molar-refractivity contribution in [1.29, 1.82) is 0 Å². The Hall–Kier alpha value is -6.87. The van der Waals surface area contributed by atoms with Crippen LogP contribution in [0.15, 0.2) is 60.8 Å². The van der Waals surface area contributed by atoms with Crippen LogP contribution in [-0.2, 0) is 56.7 Å². The number of fused-ring (bicyclic) bond motifs is 3. The molecule has 0 aliphatic carbocycles. The largest absolute Gasteiger partial charge is 0.502 e. The molecule has 1 aromatic heterocycles. The van der Waals surface area contributed by atoms with Gasteiger partial charge in [-0.15, -0.1) is 0 Å². The number of piperidine rings is 1. The molecule has 75 heavy (non-hydrogen) atoms. The van der Waals surface area contributed by atoms with E-state index < -0.39 is 118 Å². The quantitative estimate of drug-likeness (QED) is 0.0622. The number of para-hydroxylation sites is 1. The number of phenols is 1. The molecule has 6 N–H and O–H groups in total. The van der Waals surface area contributed by atoms with E-state index >= 15 is 4.79 Å². The third-order valence-electron chi connectivity index (χ3n) is 14.7. The Morgan fingerprint density at radius 3 is 2.03 bits per heavy atom. The number of nitro groups is 1. The van der Waals surface area contributed by atoms with E-state index in [1.54, 1.807) is 26.0 Å². The standard InChI is InChI=1S/C54H75N9O12/c1-12-13-17-36-46(65)58-38(26-34-27-61(54(8,9)45-28-75-45)39-18-15-14-16-35(34)39)52(71)59(10)41(21-29(2)3)48(67)57-37(24-33-19-20-44(64)40(25-33)63(73)74)47(66)55-32(7)51(70)60(11)43-23-31(6)50(69)62(53(43)72)42(22-30(4)5)49(68)56-36/h12-16,18-20,25,27,29-32,36-38,41-43,45,50,64,69H,17,21-24,26,28H2,1-11H3,(H,55,66)(H,56,68)(H,57,67)(H,58,65)/b13-12+/t31-,32+,36+,37+,38+,41+,42+,43+,45?,50-/m1/s1. The number of hydrogen-bond acceptors (Lipinski definition) is 12. The van der Waals surface area contributed by atoms with Gasteiger partial charge in [-0.2, -0.15) is 0 Å². The molecule has 3 aliphatic rings. The lowest BCUT2D eigenvalue weighted by molar-refractivity contribution is -0.385. The number of nitrogens with zero attached hydrogens (tertiary/aromatic N) is 5. The lowest BCUT2D eigenvalue weighted by Crippen LogP contribution is -2.66. The van der Waals surface area contributed by atoms with E-state index in [0.717, 1.165) is 32.8 Å². The molecule has 3 fully saturated rings. The number of carbonyl (C=O) groups excluding carboxylic acids is 7. The van der Waals surface area contributed by atoms with E-state index in [1.807, 2.05) is 72.0 Å². The lowest BCUT2D eigenvalue weighted by Gasteiger charge is -2.46. The van der Waals surface area contributed by atoms with Crippen LogP contribution in [0.4, 0.5) is 5.69 Å². The fourth-order valence-corrected chi connectivity index (χ4v) is 10.2. The maximum Gasteiger partial charge on any atom is 0.310 e. The summed E-state index contributed by atoms with van der Waals surface area (Å²) in [6, 6.07) is 1.75. The summed E-state index contributed by atoms with van der Waals surface area (Å²) in [4.78, 5) is 118. The van der Waals surface area contributed by atoms with Gasteiger partial charge in [-0.25, -0.2) is 0 Å². The van der Waals surface area contributed by atoms with Crippen LogP contribution in [0, 0.1) is 27.9 Å². The van der Waals surface area contributed by atoms with Gasteiger partial charge in [0.1, 0.15) is 54.6 Å². The van der Waals surface area contributed by atoms with Gasteiger partial charge in [-0.1, -0.05) is 71.0 Å². The molecule has 0 spiro atoms. The zero-order valence-electron chi connectivity index (χ0n) is 44.9. The fourth-order valence-electron chi connectivity index (χ4n) is 10.2. The molecule has 0 saturated carbocycles. The number of nitrogens with one attached hydrogen (secondary N) is 4. The van der Waals surface area contributed by atoms with Crippen LogP contribution < -0.4 is 21.3 Å². The van der Waals surface area contributed by atoms with Crippen molar-refractivity contribution in [3.63, 3.8) is 0 Å². The molecule has 408 valence electrons. The van der Waals surface area contributed by atoms with Crippen molar-refractivity contribution in [1.82, 2.24) is 40.5 Å². The molecule has 1 unspecified atom stereocenters. The Bertz CT molecular complexity index is 2680. The number of hydrogen-bond donors (Lipinski definition) is 6. The molecule has 3 aliphatic heterocycles. The SMILES string of the molecule is C/C=C/C[C@@H]1NC(=O)[C@H](CC(C)C)N2C(=O)[C@H](C[C@@H](C)[C@H]2O)N(C)C(=O)[C@H](C)NC(=O)[C@H](Cc2ccc(O)c([N+](=O)[O-])c2)NC(=O)[C@H](CC(C)C)N(C)C(=O)[C@H](Cc2cn(C(C)(C)C3CO3)c3ccccc23)NC1=O. The highest BCUT2D eigenvalue weighted by Gasteiger charge is 2.48. The van der Waals surface area contributed by atoms with Crippen LogP contribution in [0.1, 0.15) is 99.1 Å². The minimum Gasteiger partial charge on any atom is -0.502 e. The summed E-state index contributed by atoms with van der Waals surface area (Å²) in [7, 11) is 2.79. The molecule has 0 radical (unpaired) electrons. The first-order chi connectivity index (χ1) is 35.3. The molecular formula is C54H75N9O12. The van der Waals surface area contributed by atoms with Crippen LogP contribution in [0.5, 0.6) is 5.75 Å². The second kappa shape index (κ2) is 23.8. The summed E-state index contributed by atoms with van der Waals surface area (Å²) >= 11 is 0. The highest BCUT2D eigenvalue weighted by molar-refractivity contribution is 5.99. The van der Waals surface area contributed by atoms with Crippen molar-refractivity contribution in [2.24, 2.45) is 17.8 Å². The van der Waals surface area contributed by atoms with Crippen molar-refractivity contribution >= 4 is 57.9 Å². The van der Waals surface area contributed by atoms with E-state index in [9.17, 15) is 49.1 Å². The summed E-state index contributed by atoms with van der Waals surface area (Å²) in [5.74, 6) is -7.06. The lowest BCUT2D eigenvalue weighted by atomic mass is 9.89. The Labute approximate surface area is 437 Å². The summed E-state index contributed by atoms with van der Waals surface area (Å²) in [6.45, 7) is 16.8. The first kappa shape index (κ1) is 57.4. The van der Waals surface area contributed by atoms with Crippen LogP contribution in [-0.4, -0.2) is 151 Å². The van der Waals surface area contributed by atoms with Gasteiger partial charge in [0, 0.05) is 56.0 Å². The summed E-state index contributed by atoms with van der Waals surface area (Å²) in [5.41, 5.74) is 0.535. The zero-order chi connectivity index (χ0) is 55.4. The van der Waals surface area contributed by atoms with Crippen molar-refractivity contribution in [3.05, 3.63) is 82.1 Å². The zero-order valence-corrected chi connectivity index (χ0v) is 44.9. The van der Waals surface area contributed by atoms with E-state index in [-0.39, 0.29) is 62.0 Å². The number of benzene rings is 2. The maximum atomic E-state index is 15.4. The molecular weight excluding hydrogens is 967 g/mol. The molecule has 3 aromatic rings. The third kappa shape index (κ3) is 13.0. The smallest absolute Gasteiger partial charge is 0.310 e. The summed E-state index contributed by atoms with van der Waals surface area (Å²) in [6.07, 6.45) is 3.36. The number of likely N-dealkylation sites (N-methyl/N-ethyl adjacent to an activating group) is 2. The molecule has 4 heterocycles. The Morgan fingerprint density at radius 1 is 0.800 bits per heavy atom. The number of carbonyl (C=O) groups is 7. The average Bonchev–Trinajstić information content (AvgIpc) is 4.16. The molecule has 3 saturated heterocycles. The van der Waals surface area contributed by atoms with E-state index in [0.29, 0.717) is 12.2 Å². The normalized spacial score (nSPS) is 27.1. The highest BCUT2D eigenvalue weighted by atomic mass is 16.6. The number of ether oxygens (including phenoxy) is 1. The second-order valence-corrected chi connectivity index (χ2v) is 21.8. The van der Waals surface area contributed by atoms with Gasteiger partial charge in [0.2, 0.25) is 41.4 Å². The molecule has 6 rings (SSSR count). The van der Waals surface area contributed by atoms with Gasteiger partial charge in [0.15, 0.2) is 5.75 Å². The Morgan fingerprint density at radius 2 is 1.40 bits per heavy atom. The van der Waals surface area contributed by atoms with Crippen molar-refractivity contribution < 1.29 is 53.4 Å². The Balaban J connectivity index is 1.51. The second-order valence-electron chi connectivity index (χ2n) is 21.8. The van der Waals surface area contributed by atoms with Gasteiger partial charge in [0.05, 0.1) is 17.1 Å². The number of aliphatic hydroxyl groups is 1. The first-order valence-corrected chi connectivity index (χ1v) is 25.8. The monoisotopic (exact) mass is 1040 g/mol. The number of amides is 7. The number of aliphatic hydroxyl groups excluding tert-OH is 1. The number of allylic oxidation sites excluding steroid dienone is 1. The van der Waals surface area contributed by atoms with Crippen molar-refractivity contribution in [2.75, 3.05) is 20.7 Å². The van der Waals surface area contributed by atoms with Gasteiger partial charge in [-0.3, -0.25) is 43.7 Å². The van der Waals surface area contributed by atoms with E-state index in [1.165, 1.54) is 32.0 Å². The topological polar surface area (TPSA) is 278 Å². The van der Waals surface area contributed by atoms with Crippen LogP contribution in [0.25, 0.3) is 10.9 Å². The molecule has 10 atom stereocenters. The van der Waals surface area contributed by atoms with E-state index in [2.05, 4.69) is 25.8 Å². The van der Waals surface area contributed by atoms with Gasteiger partial charge < -0.3 is 55.5 Å². The van der Waals surface area contributed by atoms with Crippen LogP contribution in [0.3, 0.4) is 0 Å². The molecule has 2 aromatic carbocycles. The highest BCUT2D eigenvalue weighted by Crippen LogP contribution is 2.37. The van der Waals surface area contributed by atoms with Gasteiger partial charge >= 0.3 is 5.69 Å². The third-order valence-corrected chi connectivity index (χ3v) is 14.7. The first-order valence-electron chi connectivity index (χ1n) is 25.8. The summed E-state index contributed by atoms with van der Waals surface area (Å²) in [5, 5.41) is 45.9. The predicted molar refractivity (Wildman–Crippen MR) is 278 cm³/mol. The molecule has 21 nitrogen and oxygen atoms in total. The number of aromatic nitrogens is 1. The molecule has 21 heteroatoms. The average molecular weight is 1040 g/mol. The van der Waals surface area contributed by atoms with Gasteiger partial charge in [0.25, 0.3) is 0 Å². The predicted octanol–water partition coefficient (Wildman–Crippen LogP) is 3.41. The minimum absolute atomic E-state index is 0.00916. The van der Waals surface area contributed by atoms with Crippen molar-refractivity contribution in [3.8, 4) is 5.75 Å². The molecule has 2 bridgehead atoms. The number of phenolic OH excluding ortho intramolecular Hbond substituents is 1. The Kier molecular flexibility index (Phi) is 18.2. The van der Waals surface area contributed by atoms with Gasteiger partial charge in [-0.05, 0) is 88.5 Å². The molecule has 7 amide bonds.